The maximum atomic E-state index is 10.2. The van der Waals surface area contributed by atoms with Gasteiger partial charge in [-0.15, -0.1) is 11.3 Å². The fraction of sp³-hybridized carbons (Fsp3) is 0.150. The summed E-state index contributed by atoms with van der Waals surface area (Å²) in [5.74, 6) is 1.18. The van der Waals surface area contributed by atoms with E-state index < -0.39 is 0 Å². The highest BCUT2D eigenvalue weighted by molar-refractivity contribution is 7.10. The third kappa shape index (κ3) is 2.31. The number of fused-ring (bicyclic) bond motifs is 3. The molecule has 3 aromatic rings. The van der Waals surface area contributed by atoms with Crippen molar-refractivity contribution in [1.29, 1.82) is 0 Å². The zero-order chi connectivity index (χ0) is 16.8. The van der Waals surface area contributed by atoms with Crippen LogP contribution in [0.25, 0.3) is 0 Å². The summed E-state index contributed by atoms with van der Waals surface area (Å²) in [7, 11) is 0. The molecular weight excluding hydrogens is 332 g/mol. The summed E-state index contributed by atoms with van der Waals surface area (Å²) in [6.45, 7) is 0. The van der Waals surface area contributed by atoms with Gasteiger partial charge in [-0.2, -0.15) is 5.10 Å². The largest absolute Gasteiger partial charge is 0.507 e. The molecule has 1 N–H and O–H groups in total. The average molecular weight is 348 g/mol. The number of hydrogen-bond donors (Lipinski definition) is 1. The number of ether oxygens (including phenoxy) is 1. The average Bonchev–Trinajstić information content (AvgIpc) is 3.31. The molecule has 0 saturated heterocycles. The van der Waals surface area contributed by atoms with Crippen LogP contribution in [0.15, 0.2) is 71.1 Å². The highest BCUT2D eigenvalue weighted by Crippen LogP contribution is 2.48. The molecule has 0 aliphatic carbocycles. The molecule has 0 fully saturated rings. The first-order valence-corrected chi connectivity index (χ1v) is 9.12. The maximum Gasteiger partial charge on any atom is 0.222 e. The molecule has 0 radical (unpaired) electrons. The lowest BCUT2D eigenvalue weighted by atomic mass is 9.96. The van der Waals surface area contributed by atoms with Crippen LogP contribution in [0.3, 0.4) is 0 Å². The minimum Gasteiger partial charge on any atom is -0.507 e. The van der Waals surface area contributed by atoms with Crippen molar-refractivity contribution in [3.63, 3.8) is 0 Å². The zero-order valence-corrected chi connectivity index (χ0v) is 14.2. The van der Waals surface area contributed by atoms with Crippen molar-refractivity contribution in [2.75, 3.05) is 0 Å². The maximum absolute atomic E-state index is 10.2. The molecule has 0 amide bonds. The van der Waals surface area contributed by atoms with E-state index in [1.165, 1.54) is 0 Å². The van der Waals surface area contributed by atoms with Gasteiger partial charge in [0.15, 0.2) is 0 Å². The van der Waals surface area contributed by atoms with Crippen LogP contribution in [0.5, 0.6) is 11.5 Å². The van der Waals surface area contributed by atoms with E-state index in [1.54, 1.807) is 17.4 Å². The smallest absolute Gasteiger partial charge is 0.222 e. The second kappa shape index (κ2) is 5.63. The van der Waals surface area contributed by atoms with Crippen LogP contribution in [0.4, 0.5) is 0 Å². The number of nitrogens with zero attached hydrogens (tertiary/aromatic N) is 2. The van der Waals surface area contributed by atoms with Crippen LogP contribution in [-0.4, -0.2) is 15.8 Å². The number of benzene rings is 2. The van der Waals surface area contributed by atoms with Gasteiger partial charge in [0.05, 0.1) is 16.6 Å². The van der Waals surface area contributed by atoms with Gasteiger partial charge in [0.2, 0.25) is 6.23 Å². The van der Waals surface area contributed by atoms with E-state index in [1.807, 2.05) is 47.5 Å². The van der Waals surface area contributed by atoms with Gasteiger partial charge in [-0.3, -0.25) is 0 Å². The van der Waals surface area contributed by atoms with E-state index >= 15 is 0 Å². The molecule has 2 aliphatic rings. The van der Waals surface area contributed by atoms with Gasteiger partial charge in [0.25, 0.3) is 0 Å². The van der Waals surface area contributed by atoms with Crippen molar-refractivity contribution in [1.82, 2.24) is 5.01 Å². The van der Waals surface area contributed by atoms with Crippen molar-refractivity contribution >= 4 is 17.0 Å². The number of rotatable bonds is 2. The highest BCUT2D eigenvalue weighted by atomic mass is 32.1. The standard InChI is InChI=1S/C20H16N2O2S/c23-17-8-3-1-6-13(17)15-12-16-14-7-2-4-9-18(14)24-20(22(16)21-15)19-10-5-11-25-19/h1-11,16,20,23H,12H2. The minimum atomic E-state index is -0.233. The van der Waals surface area contributed by atoms with E-state index in [4.69, 9.17) is 9.84 Å². The highest BCUT2D eigenvalue weighted by Gasteiger charge is 2.41. The monoisotopic (exact) mass is 348 g/mol. The summed E-state index contributed by atoms with van der Waals surface area (Å²) < 4.78 is 6.27. The summed E-state index contributed by atoms with van der Waals surface area (Å²) in [4.78, 5) is 1.13. The van der Waals surface area contributed by atoms with Crippen LogP contribution in [0, 0.1) is 0 Å². The van der Waals surface area contributed by atoms with E-state index in [0.717, 1.165) is 33.9 Å². The second-order valence-corrected chi connectivity index (χ2v) is 7.17. The van der Waals surface area contributed by atoms with Crippen LogP contribution < -0.4 is 4.74 Å². The lowest BCUT2D eigenvalue weighted by molar-refractivity contribution is -0.0165. The first kappa shape index (κ1) is 14.5. The number of thiophene rings is 1. The predicted octanol–water partition coefficient (Wildman–Crippen LogP) is 4.70. The fourth-order valence-corrected chi connectivity index (χ4v) is 4.28. The van der Waals surface area contributed by atoms with Gasteiger partial charge in [-0.05, 0) is 29.6 Å². The third-order valence-corrected chi connectivity index (χ3v) is 5.60. The molecule has 4 nitrogen and oxygen atoms in total. The third-order valence-electron chi connectivity index (χ3n) is 4.70. The van der Waals surface area contributed by atoms with Gasteiger partial charge in [-0.1, -0.05) is 36.4 Å². The Balaban J connectivity index is 1.62. The summed E-state index contributed by atoms with van der Waals surface area (Å²) in [5.41, 5.74) is 2.83. The van der Waals surface area contributed by atoms with E-state index in [-0.39, 0.29) is 18.0 Å². The van der Waals surface area contributed by atoms with Crippen LogP contribution in [0.1, 0.15) is 34.7 Å². The van der Waals surface area contributed by atoms with Crippen molar-refractivity contribution in [2.45, 2.75) is 18.7 Å². The second-order valence-electron chi connectivity index (χ2n) is 6.19. The number of phenols is 1. The number of aromatic hydroxyl groups is 1. The zero-order valence-electron chi connectivity index (χ0n) is 13.4. The Morgan fingerprint density at radius 2 is 1.88 bits per heavy atom. The Morgan fingerprint density at radius 3 is 2.72 bits per heavy atom. The molecule has 3 heterocycles. The summed E-state index contributed by atoms with van der Waals surface area (Å²) >= 11 is 1.67. The molecule has 124 valence electrons. The van der Waals surface area contributed by atoms with Gasteiger partial charge in [0.1, 0.15) is 11.5 Å². The van der Waals surface area contributed by atoms with E-state index in [0.29, 0.717) is 0 Å². The molecule has 2 aliphatic heterocycles. The molecule has 2 atom stereocenters. The van der Waals surface area contributed by atoms with E-state index in [2.05, 4.69) is 17.5 Å². The first-order valence-electron chi connectivity index (χ1n) is 8.24. The van der Waals surface area contributed by atoms with Crippen molar-refractivity contribution in [2.24, 2.45) is 5.10 Å². The normalized spacial score (nSPS) is 21.3. The van der Waals surface area contributed by atoms with Crippen molar-refractivity contribution in [3.05, 3.63) is 82.0 Å². The van der Waals surface area contributed by atoms with Crippen LogP contribution in [0.2, 0.25) is 0 Å². The Kier molecular flexibility index (Phi) is 3.28. The lowest BCUT2D eigenvalue weighted by Gasteiger charge is -2.37. The Hall–Kier alpha value is -2.79. The molecule has 0 bridgehead atoms. The summed E-state index contributed by atoms with van der Waals surface area (Å²) in [6.07, 6.45) is 0.517. The van der Waals surface area contributed by atoms with Crippen molar-refractivity contribution < 1.29 is 9.84 Å². The number of hydrogen-bond acceptors (Lipinski definition) is 5. The lowest BCUT2D eigenvalue weighted by Crippen LogP contribution is -2.33. The van der Waals surface area contributed by atoms with Crippen molar-refractivity contribution in [3.8, 4) is 11.5 Å². The number of hydrazone groups is 1. The topological polar surface area (TPSA) is 45.1 Å². The first-order chi connectivity index (χ1) is 12.3. The van der Waals surface area contributed by atoms with Crippen LogP contribution in [-0.2, 0) is 0 Å². The van der Waals surface area contributed by atoms with E-state index in [9.17, 15) is 5.11 Å². The molecule has 5 rings (SSSR count). The molecule has 5 heteroatoms. The number of para-hydroxylation sites is 2. The molecular formula is C20H16N2O2S. The van der Waals surface area contributed by atoms with Gasteiger partial charge in [-0.25, -0.2) is 5.01 Å². The quantitative estimate of drug-likeness (QED) is 0.730. The Labute approximate surface area is 149 Å². The number of phenolic OH excluding ortho intramolecular Hbond substituents is 1. The molecule has 0 saturated carbocycles. The van der Waals surface area contributed by atoms with Gasteiger partial charge in [0, 0.05) is 17.5 Å². The minimum absolute atomic E-state index is 0.117. The Morgan fingerprint density at radius 1 is 1.04 bits per heavy atom. The molecule has 25 heavy (non-hydrogen) atoms. The molecule has 0 spiro atoms. The van der Waals surface area contributed by atoms with Crippen LogP contribution >= 0.6 is 11.3 Å². The fourth-order valence-electron chi connectivity index (χ4n) is 3.53. The SMILES string of the molecule is Oc1ccccc1C1=NN2C(C1)c1ccccc1OC2c1cccs1. The van der Waals surface area contributed by atoms with Gasteiger partial charge < -0.3 is 9.84 Å². The summed E-state index contributed by atoms with van der Waals surface area (Å²) in [5, 5.41) is 19.2. The Bertz CT molecular complexity index is 952. The predicted molar refractivity (Wildman–Crippen MR) is 98.0 cm³/mol. The molecule has 2 unspecified atom stereocenters. The molecule has 1 aromatic heterocycles. The summed E-state index contributed by atoms with van der Waals surface area (Å²) in [6, 6.07) is 19.7. The van der Waals surface area contributed by atoms with Gasteiger partial charge >= 0.3 is 0 Å². The molecule has 2 aromatic carbocycles.